The van der Waals surface area contributed by atoms with Crippen LogP contribution in [0.4, 0.5) is 0 Å². The number of oxime groups is 1. The summed E-state index contributed by atoms with van der Waals surface area (Å²) < 4.78 is 0. The molecule has 3 heteroatoms. The summed E-state index contributed by atoms with van der Waals surface area (Å²) in [6.45, 7) is 1.76. The van der Waals surface area contributed by atoms with Gasteiger partial charge in [-0.05, 0) is 6.92 Å². The molecule has 0 amide bonds. The van der Waals surface area contributed by atoms with Crippen LogP contribution in [0.5, 0.6) is 0 Å². The molecule has 0 saturated carbocycles. The molecule has 0 bridgehead atoms. The summed E-state index contributed by atoms with van der Waals surface area (Å²) in [5.41, 5.74) is 1.62. The van der Waals surface area contributed by atoms with E-state index in [4.69, 9.17) is 5.21 Å². The van der Waals surface area contributed by atoms with Crippen molar-refractivity contribution in [3.8, 4) is 0 Å². The van der Waals surface area contributed by atoms with Gasteiger partial charge in [0.15, 0.2) is 0 Å². The number of nitrogens with zero attached hydrogens (tertiary/aromatic N) is 1. The van der Waals surface area contributed by atoms with E-state index in [0.29, 0.717) is 5.71 Å². The Bertz CT molecular complexity index is 332. The Hall–Kier alpha value is -1.31. The van der Waals surface area contributed by atoms with Crippen LogP contribution in [0.25, 0.3) is 0 Å². The molecule has 0 heterocycles. The van der Waals surface area contributed by atoms with Crippen molar-refractivity contribution in [2.24, 2.45) is 5.16 Å². The fraction of sp³-hybridized carbons (Fsp3) is 0.0833. The summed E-state index contributed by atoms with van der Waals surface area (Å²) in [6.07, 6.45) is 0. The molecule has 1 N–H and O–H groups in total. The Morgan fingerprint density at radius 1 is 1.27 bits per heavy atom. The third-order valence-corrected chi connectivity index (χ3v) is 1.58. The van der Waals surface area contributed by atoms with Gasteiger partial charge in [0.25, 0.3) is 0 Å². The molecular formula is C12H9FeNO-6. The van der Waals surface area contributed by atoms with E-state index in [0.717, 1.165) is 5.56 Å². The van der Waals surface area contributed by atoms with Gasteiger partial charge >= 0.3 is 0 Å². The van der Waals surface area contributed by atoms with Crippen molar-refractivity contribution in [2.75, 3.05) is 0 Å². The van der Waals surface area contributed by atoms with E-state index in [1.807, 2.05) is 24.3 Å². The van der Waals surface area contributed by atoms with Crippen LogP contribution in [-0.4, -0.2) is 10.9 Å². The topological polar surface area (TPSA) is 32.6 Å². The van der Waals surface area contributed by atoms with E-state index in [2.05, 4.69) is 29.4 Å². The Labute approximate surface area is 100 Å². The predicted octanol–water partition coefficient (Wildman–Crippen LogP) is 2.21. The molecule has 0 aliphatic heterocycles. The first-order chi connectivity index (χ1) is 6.84. The molecule has 0 aromatic heterocycles. The SMILES string of the molecule is CC(=NO)[c-]1cccc1.[Fe].[c-]1[c-][c-][cH-][c-]1. The molecule has 0 spiro atoms. The average molecular weight is 239 g/mol. The van der Waals surface area contributed by atoms with Crippen LogP contribution in [-0.2, 0) is 17.1 Å². The van der Waals surface area contributed by atoms with Gasteiger partial charge in [-0.15, -0.1) is 10.7 Å². The van der Waals surface area contributed by atoms with Gasteiger partial charge in [0.05, 0.1) is 0 Å². The van der Waals surface area contributed by atoms with E-state index in [1.165, 1.54) is 0 Å². The Morgan fingerprint density at radius 3 is 2.13 bits per heavy atom. The van der Waals surface area contributed by atoms with Gasteiger partial charge in [-0.25, -0.2) is 12.1 Å². The first kappa shape index (κ1) is 13.7. The zero-order valence-corrected chi connectivity index (χ0v) is 9.24. The summed E-state index contributed by atoms with van der Waals surface area (Å²) >= 11 is 0. The van der Waals surface area contributed by atoms with Crippen molar-refractivity contribution in [3.63, 3.8) is 0 Å². The van der Waals surface area contributed by atoms with Gasteiger partial charge in [0, 0.05) is 22.8 Å². The van der Waals surface area contributed by atoms with Crippen LogP contribution in [0.15, 0.2) is 35.5 Å². The molecule has 82 valence electrons. The van der Waals surface area contributed by atoms with E-state index < -0.39 is 0 Å². The minimum absolute atomic E-state index is 0. The maximum Gasteiger partial charge on any atom is 0.0289 e. The molecule has 0 atom stereocenters. The number of rotatable bonds is 1. The van der Waals surface area contributed by atoms with Crippen LogP contribution in [0.1, 0.15) is 12.5 Å². The van der Waals surface area contributed by atoms with Crippen LogP contribution >= 0.6 is 0 Å². The molecule has 0 aliphatic carbocycles. The summed E-state index contributed by atoms with van der Waals surface area (Å²) in [7, 11) is 0. The molecule has 2 nitrogen and oxygen atoms in total. The molecule has 0 saturated heterocycles. The van der Waals surface area contributed by atoms with E-state index in [1.54, 1.807) is 13.0 Å². The zero-order valence-electron chi connectivity index (χ0n) is 8.13. The Kier molecular flexibility index (Phi) is 7.33. The predicted molar refractivity (Wildman–Crippen MR) is 53.4 cm³/mol. The second-order valence-corrected chi connectivity index (χ2v) is 2.54. The van der Waals surface area contributed by atoms with Crippen molar-refractivity contribution in [2.45, 2.75) is 6.92 Å². The standard InChI is InChI=1S/C7H8NO.C5H.Fe/c1-6(8-9)7-4-2-3-5-7;1-2-4-5-3-1;/h2-5,9H,1H3;1H;/q-1;-5;. The normalized spacial score (nSPS) is 9.80. The van der Waals surface area contributed by atoms with Gasteiger partial charge < -0.3 is 35.5 Å². The third kappa shape index (κ3) is 5.21. The number of hydrogen-bond donors (Lipinski definition) is 1. The molecule has 0 aliphatic rings. The van der Waals surface area contributed by atoms with Crippen molar-refractivity contribution >= 4 is 5.71 Å². The zero-order chi connectivity index (χ0) is 10.2. The minimum Gasteiger partial charge on any atom is -0.999 e. The van der Waals surface area contributed by atoms with Gasteiger partial charge in [-0.3, -0.25) is 0 Å². The molecule has 2 rings (SSSR count). The van der Waals surface area contributed by atoms with E-state index in [-0.39, 0.29) is 17.1 Å². The first-order valence-electron chi connectivity index (χ1n) is 4.08. The summed E-state index contributed by atoms with van der Waals surface area (Å²) in [6, 6.07) is 19.6. The van der Waals surface area contributed by atoms with Crippen molar-refractivity contribution < 1.29 is 22.3 Å². The second kappa shape index (κ2) is 8.04. The smallest absolute Gasteiger partial charge is 0.0289 e. The first-order valence-corrected chi connectivity index (χ1v) is 4.08. The van der Waals surface area contributed by atoms with Gasteiger partial charge in [-0.1, -0.05) is 0 Å². The van der Waals surface area contributed by atoms with Crippen LogP contribution < -0.4 is 0 Å². The molecule has 0 unspecified atom stereocenters. The summed E-state index contributed by atoms with van der Waals surface area (Å²) in [5.74, 6) is 0. The van der Waals surface area contributed by atoms with Gasteiger partial charge in [0.1, 0.15) is 0 Å². The molecule has 0 radical (unpaired) electrons. The van der Waals surface area contributed by atoms with Crippen LogP contribution in [0, 0.1) is 24.3 Å². The summed E-state index contributed by atoms with van der Waals surface area (Å²) in [5, 5.41) is 11.3. The van der Waals surface area contributed by atoms with Crippen molar-refractivity contribution in [1.29, 1.82) is 0 Å². The fourth-order valence-corrected chi connectivity index (χ4v) is 0.853. The maximum absolute atomic E-state index is 8.29. The maximum atomic E-state index is 8.29. The van der Waals surface area contributed by atoms with E-state index in [9.17, 15) is 0 Å². The Morgan fingerprint density at radius 2 is 1.80 bits per heavy atom. The molecule has 15 heavy (non-hydrogen) atoms. The quantitative estimate of drug-likeness (QED) is 0.267. The fourth-order valence-electron chi connectivity index (χ4n) is 0.853. The van der Waals surface area contributed by atoms with Gasteiger partial charge in [-0.2, -0.15) is 12.1 Å². The van der Waals surface area contributed by atoms with Crippen LogP contribution in [0.3, 0.4) is 0 Å². The van der Waals surface area contributed by atoms with Crippen molar-refractivity contribution in [1.82, 2.24) is 0 Å². The molecule has 2 aromatic carbocycles. The average Bonchev–Trinajstić information content (AvgIpc) is 2.91. The monoisotopic (exact) mass is 239 g/mol. The largest absolute Gasteiger partial charge is 0.999 e. The number of hydrogen-bond acceptors (Lipinski definition) is 2. The van der Waals surface area contributed by atoms with Crippen molar-refractivity contribution in [3.05, 3.63) is 60.2 Å². The molecule has 0 fully saturated rings. The molecular weight excluding hydrogens is 230 g/mol. The van der Waals surface area contributed by atoms with E-state index >= 15 is 0 Å². The molecule has 2 aromatic rings. The Balaban J connectivity index is 0.000000280. The second-order valence-electron chi connectivity index (χ2n) is 2.54. The van der Waals surface area contributed by atoms with Crippen LogP contribution in [0.2, 0.25) is 0 Å². The van der Waals surface area contributed by atoms with Gasteiger partial charge in [0.2, 0.25) is 0 Å². The minimum atomic E-state index is 0. The summed E-state index contributed by atoms with van der Waals surface area (Å²) in [4.78, 5) is 0. The third-order valence-electron chi connectivity index (χ3n) is 1.58.